The molecular weight excluding hydrogens is 384 g/mol. The number of aliphatic hydroxyl groups excluding tert-OH is 1. The number of rotatable bonds is 10. The average Bonchev–Trinajstić information content (AvgIpc) is 3.24. The second kappa shape index (κ2) is 12.1. The maximum Gasteiger partial charge on any atom is 0.191 e. The van der Waals surface area contributed by atoms with Crippen LogP contribution in [0.15, 0.2) is 29.3 Å². The molecule has 1 aromatic carbocycles. The Bertz CT molecular complexity index is 658. The van der Waals surface area contributed by atoms with Crippen molar-refractivity contribution in [2.75, 3.05) is 72.9 Å². The minimum Gasteiger partial charge on any atom is -0.492 e. The second-order valence-corrected chi connectivity index (χ2v) is 7.97. The molecule has 8 nitrogen and oxygen atoms in total. The van der Waals surface area contributed by atoms with Crippen LogP contribution in [-0.4, -0.2) is 88.8 Å². The van der Waals surface area contributed by atoms with Gasteiger partial charge in [0, 0.05) is 64.0 Å². The number of ether oxygens (including phenoxy) is 3. The van der Waals surface area contributed by atoms with E-state index in [2.05, 4.69) is 26.6 Å². The Balaban J connectivity index is 1.46. The zero-order valence-corrected chi connectivity index (χ0v) is 18.1. The Labute approximate surface area is 179 Å². The van der Waals surface area contributed by atoms with Crippen LogP contribution < -0.4 is 15.4 Å². The third-order valence-corrected chi connectivity index (χ3v) is 5.87. The van der Waals surface area contributed by atoms with Crippen LogP contribution in [0.4, 0.5) is 0 Å². The molecule has 168 valence electrons. The molecule has 0 aromatic heterocycles. The maximum absolute atomic E-state index is 9.40. The lowest BCUT2D eigenvalue weighted by atomic mass is 9.84. The summed E-state index contributed by atoms with van der Waals surface area (Å²) in [6.45, 7) is 8.07. The fraction of sp³-hybridized carbons (Fsp3) is 0.682. The van der Waals surface area contributed by atoms with Crippen molar-refractivity contribution >= 4 is 5.96 Å². The number of nitrogens with one attached hydrogen (secondary N) is 2. The van der Waals surface area contributed by atoms with E-state index in [-0.39, 0.29) is 12.0 Å². The Kier molecular flexibility index (Phi) is 9.20. The van der Waals surface area contributed by atoms with Gasteiger partial charge in [-0.05, 0) is 18.9 Å². The first kappa shape index (κ1) is 22.8. The summed E-state index contributed by atoms with van der Waals surface area (Å²) in [5.74, 6) is 1.64. The maximum atomic E-state index is 9.40. The van der Waals surface area contributed by atoms with Crippen molar-refractivity contribution in [2.45, 2.75) is 19.4 Å². The molecule has 3 rings (SSSR count). The van der Waals surface area contributed by atoms with Gasteiger partial charge < -0.3 is 30.0 Å². The van der Waals surface area contributed by atoms with Crippen molar-refractivity contribution in [2.24, 2.45) is 10.4 Å². The highest BCUT2D eigenvalue weighted by Crippen LogP contribution is 2.31. The SMILES string of the molecule is CN=C(NCc1ccccc1OCCN1CCOCC1)NCC1(CCO)CCOC1. The molecule has 1 aromatic rings. The van der Waals surface area contributed by atoms with E-state index in [1.165, 1.54) is 0 Å². The first-order chi connectivity index (χ1) is 14.7. The van der Waals surface area contributed by atoms with Gasteiger partial charge in [0.2, 0.25) is 0 Å². The summed E-state index contributed by atoms with van der Waals surface area (Å²) < 4.78 is 17.0. The standard InChI is InChI=1S/C22H36N4O4/c1-23-21(25-17-22(6-11-27)7-12-29-18-22)24-16-19-4-2-3-5-20(19)30-15-10-26-8-13-28-14-9-26/h2-5,27H,6-18H2,1H3,(H2,23,24,25). The highest BCUT2D eigenvalue weighted by atomic mass is 16.5. The van der Waals surface area contributed by atoms with Crippen LogP contribution in [0.5, 0.6) is 5.75 Å². The molecule has 1 unspecified atom stereocenters. The van der Waals surface area contributed by atoms with Crippen LogP contribution in [0.2, 0.25) is 0 Å². The largest absolute Gasteiger partial charge is 0.492 e. The molecule has 2 aliphatic heterocycles. The van der Waals surface area contributed by atoms with Crippen molar-refractivity contribution in [3.63, 3.8) is 0 Å². The summed E-state index contributed by atoms with van der Waals surface area (Å²) in [5.41, 5.74) is 1.07. The molecule has 2 aliphatic rings. The summed E-state index contributed by atoms with van der Waals surface area (Å²) in [7, 11) is 1.77. The van der Waals surface area contributed by atoms with Gasteiger partial charge in [0.25, 0.3) is 0 Å². The van der Waals surface area contributed by atoms with Crippen molar-refractivity contribution in [3.05, 3.63) is 29.8 Å². The van der Waals surface area contributed by atoms with Crippen molar-refractivity contribution in [1.82, 2.24) is 15.5 Å². The number of para-hydroxylation sites is 1. The molecule has 0 aliphatic carbocycles. The number of nitrogens with zero attached hydrogens (tertiary/aromatic N) is 2. The number of aliphatic imine (C=N–C) groups is 1. The predicted octanol–water partition coefficient (Wildman–Crippen LogP) is 0.852. The highest BCUT2D eigenvalue weighted by molar-refractivity contribution is 5.79. The van der Waals surface area contributed by atoms with E-state index < -0.39 is 0 Å². The summed E-state index contributed by atoms with van der Waals surface area (Å²) in [5, 5.41) is 16.2. The first-order valence-electron chi connectivity index (χ1n) is 10.9. The van der Waals surface area contributed by atoms with E-state index in [0.717, 1.165) is 76.1 Å². The minimum atomic E-state index is -0.0210. The van der Waals surface area contributed by atoms with Gasteiger partial charge in [-0.2, -0.15) is 0 Å². The molecule has 0 bridgehead atoms. The molecule has 3 N–H and O–H groups in total. The van der Waals surface area contributed by atoms with Crippen LogP contribution in [-0.2, 0) is 16.0 Å². The van der Waals surface area contributed by atoms with Gasteiger partial charge in [0.05, 0.1) is 19.8 Å². The van der Waals surface area contributed by atoms with Gasteiger partial charge >= 0.3 is 0 Å². The van der Waals surface area contributed by atoms with Gasteiger partial charge in [-0.3, -0.25) is 9.89 Å². The molecular formula is C22H36N4O4. The first-order valence-corrected chi connectivity index (χ1v) is 10.9. The molecule has 2 fully saturated rings. The monoisotopic (exact) mass is 420 g/mol. The molecule has 0 spiro atoms. The number of hydrogen-bond acceptors (Lipinski definition) is 6. The van der Waals surface area contributed by atoms with Crippen LogP contribution in [0, 0.1) is 5.41 Å². The molecule has 1 atom stereocenters. The Morgan fingerprint density at radius 2 is 2.03 bits per heavy atom. The summed E-state index contributed by atoms with van der Waals surface area (Å²) in [4.78, 5) is 6.71. The molecule has 0 saturated carbocycles. The zero-order valence-electron chi connectivity index (χ0n) is 18.1. The van der Waals surface area contributed by atoms with E-state index in [9.17, 15) is 5.11 Å². The molecule has 2 saturated heterocycles. The fourth-order valence-corrected chi connectivity index (χ4v) is 3.88. The van der Waals surface area contributed by atoms with E-state index in [1.54, 1.807) is 7.05 Å². The topological polar surface area (TPSA) is 87.6 Å². The minimum absolute atomic E-state index is 0.0210. The lowest BCUT2D eigenvalue weighted by Crippen LogP contribution is -2.44. The van der Waals surface area contributed by atoms with Gasteiger partial charge in [-0.25, -0.2) is 0 Å². The third kappa shape index (κ3) is 6.84. The van der Waals surface area contributed by atoms with E-state index in [1.807, 2.05) is 18.2 Å². The molecule has 2 heterocycles. The quantitative estimate of drug-likeness (QED) is 0.382. The molecule has 0 radical (unpaired) electrons. The zero-order chi connectivity index (χ0) is 21.1. The molecule has 0 amide bonds. The Morgan fingerprint density at radius 1 is 1.20 bits per heavy atom. The number of benzene rings is 1. The smallest absolute Gasteiger partial charge is 0.191 e. The van der Waals surface area contributed by atoms with Gasteiger partial charge in [-0.15, -0.1) is 0 Å². The summed E-state index contributed by atoms with van der Waals surface area (Å²) >= 11 is 0. The lowest BCUT2D eigenvalue weighted by molar-refractivity contribution is 0.0322. The van der Waals surface area contributed by atoms with Gasteiger partial charge in [-0.1, -0.05) is 18.2 Å². The van der Waals surface area contributed by atoms with Crippen LogP contribution >= 0.6 is 0 Å². The van der Waals surface area contributed by atoms with Gasteiger partial charge in [0.1, 0.15) is 12.4 Å². The van der Waals surface area contributed by atoms with Crippen molar-refractivity contribution in [1.29, 1.82) is 0 Å². The average molecular weight is 421 g/mol. The van der Waals surface area contributed by atoms with E-state index in [4.69, 9.17) is 14.2 Å². The highest BCUT2D eigenvalue weighted by Gasteiger charge is 2.34. The Hall–Kier alpha value is -1.87. The van der Waals surface area contributed by atoms with Crippen LogP contribution in [0.3, 0.4) is 0 Å². The van der Waals surface area contributed by atoms with Crippen molar-refractivity contribution in [3.8, 4) is 5.75 Å². The van der Waals surface area contributed by atoms with Crippen LogP contribution in [0.1, 0.15) is 18.4 Å². The Morgan fingerprint density at radius 3 is 2.77 bits per heavy atom. The molecule has 8 heteroatoms. The van der Waals surface area contributed by atoms with E-state index in [0.29, 0.717) is 19.8 Å². The lowest BCUT2D eigenvalue weighted by Gasteiger charge is -2.28. The normalized spacial score (nSPS) is 22.8. The molecule has 30 heavy (non-hydrogen) atoms. The third-order valence-electron chi connectivity index (χ3n) is 5.87. The summed E-state index contributed by atoms with van der Waals surface area (Å²) in [6, 6.07) is 8.11. The predicted molar refractivity (Wildman–Crippen MR) is 117 cm³/mol. The number of guanidine groups is 1. The summed E-state index contributed by atoms with van der Waals surface area (Å²) in [6.07, 6.45) is 1.69. The number of hydrogen-bond donors (Lipinski definition) is 3. The van der Waals surface area contributed by atoms with Gasteiger partial charge in [0.15, 0.2) is 5.96 Å². The van der Waals surface area contributed by atoms with E-state index >= 15 is 0 Å². The van der Waals surface area contributed by atoms with Crippen LogP contribution in [0.25, 0.3) is 0 Å². The second-order valence-electron chi connectivity index (χ2n) is 7.97. The number of morpholine rings is 1. The number of aliphatic hydroxyl groups is 1. The fourth-order valence-electron chi connectivity index (χ4n) is 3.88. The van der Waals surface area contributed by atoms with Crippen molar-refractivity contribution < 1.29 is 19.3 Å².